The molecule has 0 aliphatic carbocycles. The number of aromatic nitrogens is 3. The number of nitrogens with zero attached hydrogens (tertiary/aromatic N) is 5. The van der Waals surface area contributed by atoms with Crippen molar-refractivity contribution in [2.24, 2.45) is 0 Å². The lowest BCUT2D eigenvalue weighted by Crippen LogP contribution is -2.26. The van der Waals surface area contributed by atoms with E-state index in [1.54, 1.807) is 4.90 Å². The average molecular weight is 427 g/mol. The van der Waals surface area contributed by atoms with Crippen molar-refractivity contribution in [3.63, 3.8) is 0 Å². The molecule has 0 radical (unpaired) electrons. The van der Waals surface area contributed by atoms with Crippen LogP contribution >= 0.6 is 0 Å². The summed E-state index contributed by atoms with van der Waals surface area (Å²) in [4.78, 5) is 25.2. The molecule has 0 bridgehead atoms. The summed E-state index contributed by atoms with van der Waals surface area (Å²) in [6.45, 7) is 4.94. The highest BCUT2D eigenvalue weighted by atomic mass is 16.6. The minimum atomic E-state index is -0.473. The highest BCUT2D eigenvalue weighted by molar-refractivity contribution is 5.94. The monoisotopic (exact) mass is 427 g/mol. The Morgan fingerprint density at radius 1 is 1.03 bits per heavy atom. The zero-order valence-electron chi connectivity index (χ0n) is 17.7. The molecule has 1 aliphatic heterocycles. The molecule has 160 valence electrons. The number of nitro benzene ring substituents is 1. The van der Waals surface area contributed by atoms with Crippen LogP contribution in [-0.2, 0) is 13.1 Å². The highest BCUT2D eigenvalue weighted by Crippen LogP contribution is 2.32. The molecule has 2 aromatic heterocycles. The van der Waals surface area contributed by atoms with Crippen LogP contribution in [0, 0.1) is 24.0 Å². The van der Waals surface area contributed by atoms with Crippen LogP contribution < -0.4 is 0 Å². The van der Waals surface area contributed by atoms with Gasteiger partial charge in [-0.2, -0.15) is 5.10 Å². The van der Waals surface area contributed by atoms with Crippen LogP contribution in [0.5, 0.6) is 0 Å². The summed E-state index contributed by atoms with van der Waals surface area (Å²) < 4.78 is 3.97. The quantitative estimate of drug-likeness (QED) is 0.358. The fourth-order valence-corrected chi connectivity index (χ4v) is 4.21. The summed E-state index contributed by atoms with van der Waals surface area (Å²) >= 11 is 0. The lowest BCUT2D eigenvalue weighted by atomic mass is 10.1. The predicted octanol–water partition coefficient (Wildman–Crippen LogP) is 4.34. The molecular formula is C24H21N5O3. The second kappa shape index (κ2) is 7.49. The Labute approximate surface area is 184 Å². The Morgan fingerprint density at radius 2 is 1.75 bits per heavy atom. The molecule has 0 fully saturated rings. The summed E-state index contributed by atoms with van der Waals surface area (Å²) in [5.74, 6) is 0.741. The van der Waals surface area contributed by atoms with Crippen molar-refractivity contribution in [1.82, 2.24) is 19.2 Å². The van der Waals surface area contributed by atoms with Crippen molar-refractivity contribution in [2.75, 3.05) is 0 Å². The zero-order chi connectivity index (χ0) is 22.4. The maximum Gasteiger partial charge on any atom is 0.269 e. The number of nitro groups is 1. The van der Waals surface area contributed by atoms with Gasteiger partial charge in [-0.05, 0) is 49.7 Å². The topological polar surface area (TPSA) is 86.2 Å². The van der Waals surface area contributed by atoms with Gasteiger partial charge >= 0.3 is 0 Å². The van der Waals surface area contributed by atoms with Crippen LogP contribution in [0.25, 0.3) is 11.5 Å². The van der Waals surface area contributed by atoms with Gasteiger partial charge < -0.3 is 9.47 Å². The molecule has 2 aromatic carbocycles. The van der Waals surface area contributed by atoms with E-state index < -0.39 is 4.92 Å². The highest BCUT2D eigenvalue weighted by Gasteiger charge is 2.32. The maximum atomic E-state index is 13.1. The normalized spacial score (nSPS) is 12.8. The number of aryl methyl sites for hydroxylation is 2. The third kappa shape index (κ3) is 3.26. The van der Waals surface area contributed by atoms with Crippen LogP contribution in [0.1, 0.15) is 32.7 Å². The molecule has 0 saturated carbocycles. The minimum Gasteiger partial charge on any atom is -0.328 e. The smallest absolute Gasteiger partial charge is 0.269 e. The fraction of sp³-hybridized carbons (Fsp3) is 0.167. The molecule has 0 saturated heterocycles. The van der Waals surface area contributed by atoms with Gasteiger partial charge in [0.15, 0.2) is 0 Å². The van der Waals surface area contributed by atoms with Crippen molar-refractivity contribution < 1.29 is 9.72 Å². The Morgan fingerprint density at radius 3 is 2.41 bits per heavy atom. The van der Waals surface area contributed by atoms with Crippen molar-refractivity contribution in [3.05, 3.63) is 105 Å². The van der Waals surface area contributed by atoms with Gasteiger partial charge in [0.1, 0.15) is 5.82 Å². The summed E-state index contributed by atoms with van der Waals surface area (Å²) in [6, 6.07) is 15.9. The van der Waals surface area contributed by atoms with Crippen LogP contribution in [0.4, 0.5) is 5.69 Å². The number of rotatable bonds is 4. The van der Waals surface area contributed by atoms with Gasteiger partial charge in [-0.25, -0.2) is 4.68 Å². The lowest BCUT2D eigenvalue weighted by Gasteiger charge is -2.18. The van der Waals surface area contributed by atoms with E-state index >= 15 is 0 Å². The molecule has 0 N–H and O–H groups in total. The van der Waals surface area contributed by atoms with Crippen LogP contribution in [-0.4, -0.2) is 30.1 Å². The largest absolute Gasteiger partial charge is 0.328 e. The number of non-ortho nitro benzene ring substituents is 1. The van der Waals surface area contributed by atoms with Gasteiger partial charge in [0, 0.05) is 35.7 Å². The van der Waals surface area contributed by atoms with Gasteiger partial charge in [-0.15, -0.1) is 0 Å². The second-order valence-corrected chi connectivity index (χ2v) is 8.01. The Balaban J connectivity index is 1.51. The van der Waals surface area contributed by atoms with E-state index in [1.165, 1.54) is 29.8 Å². The van der Waals surface area contributed by atoms with Gasteiger partial charge in [0.25, 0.3) is 11.6 Å². The van der Waals surface area contributed by atoms with E-state index in [1.807, 2.05) is 33.8 Å². The van der Waals surface area contributed by atoms with E-state index in [2.05, 4.69) is 32.0 Å². The SMILES string of the molecule is Cc1ccc(-n2nc3c(c2-n2cccc2)CN(C(=O)c2ccc([N+](=O)[O-])cc2)C3)c(C)c1. The van der Waals surface area contributed by atoms with E-state index in [0.717, 1.165) is 28.3 Å². The first-order valence-corrected chi connectivity index (χ1v) is 10.3. The lowest BCUT2D eigenvalue weighted by molar-refractivity contribution is -0.384. The molecule has 3 heterocycles. The Bertz CT molecular complexity index is 1340. The number of hydrogen-bond donors (Lipinski definition) is 0. The van der Waals surface area contributed by atoms with Crippen molar-refractivity contribution in [1.29, 1.82) is 0 Å². The molecule has 1 aliphatic rings. The standard InChI is InChI=1S/C24H21N5O3/c1-16-5-10-22(17(2)13-16)28-23(26-11-3-4-12-26)20-14-27(15-21(20)25-28)24(30)18-6-8-19(9-7-18)29(31)32/h3-13H,14-15H2,1-2H3. The molecule has 8 heteroatoms. The Hall–Kier alpha value is -4.20. The van der Waals surface area contributed by atoms with Crippen LogP contribution in [0.2, 0.25) is 0 Å². The molecule has 4 aromatic rings. The van der Waals surface area contributed by atoms with Crippen LogP contribution in [0.3, 0.4) is 0 Å². The summed E-state index contributed by atoms with van der Waals surface area (Å²) in [5, 5.41) is 15.8. The van der Waals surface area contributed by atoms with E-state index in [0.29, 0.717) is 18.7 Å². The molecule has 1 amide bonds. The molecule has 0 spiro atoms. The van der Waals surface area contributed by atoms with E-state index in [4.69, 9.17) is 5.10 Å². The number of hydrogen-bond acceptors (Lipinski definition) is 4. The van der Waals surface area contributed by atoms with Crippen LogP contribution in [0.15, 0.2) is 67.0 Å². The summed E-state index contributed by atoms with van der Waals surface area (Å²) in [5.41, 5.74) is 5.55. The van der Waals surface area contributed by atoms with Gasteiger partial charge in [-0.1, -0.05) is 17.7 Å². The summed E-state index contributed by atoms with van der Waals surface area (Å²) in [6.07, 6.45) is 3.94. The first-order chi connectivity index (χ1) is 15.4. The number of carbonyl (C=O) groups excluding carboxylic acids is 1. The zero-order valence-corrected chi connectivity index (χ0v) is 17.7. The number of fused-ring (bicyclic) bond motifs is 1. The molecule has 0 atom stereocenters. The van der Waals surface area contributed by atoms with E-state index in [-0.39, 0.29) is 11.6 Å². The minimum absolute atomic E-state index is 0.0362. The molecule has 8 nitrogen and oxygen atoms in total. The van der Waals surface area contributed by atoms with Gasteiger partial charge in [0.05, 0.1) is 29.4 Å². The molecule has 5 rings (SSSR count). The van der Waals surface area contributed by atoms with Crippen molar-refractivity contribution in [3.8, 4) is 11.5 Å². The average Bonchev–Trinajstić information content (AvgIpc) is 3.49. The second-order valence-electron chi connectivity index (χ2n) is 8.01. The Kier molecular flexibility index (Phi) is 4.62. The number of carbonyl (C=O) groups is 1. The fourth-order valence-electron chi connectivity index (χ4n) is 4.21. The molecule has 32 heavy (non-hydrogen) atoms. The number of amides is 1. The first-order valence-electron chi connectivity index (χ1n) is 10.3. The van der Waals surface area contributed by atoms with E-state index in [9.17, 15) is 14.9 Å². The van der Waals surface area contributed by atoms with Crippen molar-refractivity contribution in [2.45, 2.75) is 26.9 Å². The molecule has 0 unspecified atom stereocenters. The first kappa shape index (κ1) is 19.7. The van der Waals surface area contributed by atoms with Crippen molar-refractivity contribution >= 4 is 11.6 Å². The predicted molar refractivity (Wildman–Crippen MR) is 119 cm³/mol. The third-order valence-electron chi connectivity index (χ3n) is 5.77. The number of benzene rings is 2. The van der Waals surface area contributed by atoms with Gasteiger partial charge in [-0.3, -0.25) is 14.9 Å². The summed E-state index contributed by atoms with van der Waals surface area (Å²) in [7, 11) is 0. The third-order valence-corrected chi connectivity index (χ3v) is 5.77. The van der Waals surface area contributed by atoms with Gasteiger partial charge in [0.2, 0.25) is 0 Å². The maximum absolute atomic E-state index is 13.1. The molecular weight excluding hydrogens is 406 g/mol.